The number of carbonyl (C=O) groups excluding carboxylic acids is 1. The van der Waals surface area contributed by atoms with Crippen molar-refractivity contribution in [3.8, 4) is 5.75 Å². The Labute approximate surface area is 160 Å². The van der Waals surface area contributed by atoms with Crippen LogP contribution in [-0.2, 0) is 9.53 Å². The Kier molecular flexibility index (Phi) is 5.01. The second-order valence-corrected chi connectivity index (χ2v) is 8.32. The molecule has 2 saturated heterocycles. The number of nitrogens with zero attached hydrogens (tertiary/aromatic N) is 2. The maximum atomic E-state index is 14.7. The van der Waals surface area contributed by atoms with Crippen LogP contribution >= 0.6 is 0 Å². The van der Waals surface area contributed by atoms with Crippen molar-refractivity contribution >= 4 is 11.6 Å². The number of ether oxygens (including phenoxy) is 2. The van der Waals surface area contributed by atoms with Crippen molar-refractivity contribution < 1.29 is 18.7 Å². The summed E-state index contributed by atoms with van der Waals surface area (Å²) in [4.78, 5) is 16.8. The molecule has 3 fully saturated rings. The van der Waals surface area contributed by atoms with Gasteiger partial charge in [0, 0.05) is 37.3 Å². The van der Waals surface area contributed by atoms with E-state index in [4.69, 9.17) is 9.47 Å². The van der Waals surface area contributed by atoms with Crippen LogP contribution in [0.25, 0.3) is 0 Å². The number of piperidine rings is 1. The smallest absolute Gasteiger partial charge is 0.260 e. The molecule has 6 heteroatoms. The number of amides is 1. The fraction of sp³-hybridized carbons (Fsp3) is 0.667. The van der Waals surface area contributed by atoms with Gasteiger partial charge in [0.25, 0.3) is 5.91 Å². The Bertz CT molecular complexity index is 677. The number of methoxy groups -OCH3 is 1. The van der Waals surface area contributed by atoms with E-state index in [9.17, 15) is 9.18 Å². The second-order valence-electron chi connectivity index (χ2n) is 8.32. The lowest BCUT2D eigenvalue weighted by atomic mass is 9.77. The first-order chi connectivity index (χ1) is 13.0. The van der Waals surface area contributed by atoms with Gasteiger partial charge in [-0.15, -0.1) is 0 Å². The zero-order chi connectivity index (χ0) is 18.9. The van der Waals surface area contributed by atoms with E-state index in [1.807, 2.05) is 12.1 Å². The van der Waals surface area contributed by atoms with Crippen molar-refractivity contribution in [1.82, 2.24) is 4.90 Å². The highest BCUT2D eigenvalue weighted by atomic mass is 19.1. The highest BCUT2D eigenvalue weighted by Crippen LogP contribution is 2.41. The van der Waals surface area contributed by atoms with Crippen LogP contribution in [0.15, 0.2) is 24.3 Å². The Morgan fingerprint density at radius 1 is 1.11 bits per heavy atom. The van der Waals surface area contributed by atoms with Gasteiger partial charge in [-0.2, -0.15) is 0 Å². The molecule has 2 aliphatic heterocycles. The summed E-state index contributed by atoms with van der Waals surface area (Å²) < 4.78 is 25.9. The average molecular weight is 376 g/mol. The molecule has 2 heterocycles. The van der Waals surface area contributed by atoms with Gasteiger partial charge in [-0.25, -0.2) is 4.39 Å². The summed E-state index contributed by atoms with van der Waals surface area (Å²) in [6.45, 7) is 4.17. The number of hydrogen-bond acceptors (Lipinski definition) is 4. The normalized spacial score (nSPS) is 27.8. The lowest BCUT2D eigenvalue weighted by Gasteiger charge is -2.46. The van der Waals surface area contributed by atoms with E-state index >= 15 is 0 Å². The van der Waals surface area contributed by atoms with Crippen LogP contribution in [-0.4, -0.2) is 63.0 Å². The minimum atomic E-state index is -1.61. The third-order valence-electron chi connectivity index (χ3n) is 6.36. The molecule has 4 rings (SSSR count). The van der Waals surface area contributed by atoms with E-state index in [-0.39, 0.29) is 11.3 Å². The number of carbonyl (C=O) groups is 1. The number of halogens is 1. The molecule has 0 bridgehead atoms. The first kappa shape index (κ1) is 18.5. The van der Waals surface area contributed by atoms with Crippen LogP contribution in [0.3, 0.4) is 0 Å². The summed E-state index contributed by atoms with van der Waals surface area (Å²) in [6, 6.07) is 8.06. The van der Waals surface area contributed by atoms with Gasteiger partial charge in [0.2, 0.25) is 0 Å². The van der Waals surface area contributed by atoms with Crippen molar-refractivity contribution in [3.63, 3.8) is 0 Å². The largest absolute Gasteiger partial charge is 0.497 e. The zero-order valence-electron chi connectivity index (χ0n) is 16.1. The van der Waals surface area contributed by atoms with E-state index in [1.165, 1.54) is 0 Å². The average Bonchev–Trinajstić information content (AvgIpc) is 2.88. The Morgan fingerprint density at radius 2 is 1.89 bits per heavy atom. The Balaban J connectivity index is 1.50. The van der Waals surface area contributed by atoms with Crippen LogP contribution in [0.5, 0.6) is 5.75 Å². The van der Waals surface area contributed by atoms with E-state index in [0.717, 1.165) is 43.8 Å². The molecule has 1 unspecified atom stereocenters. The molecule has 1 spiro atoms. The van der Waals surface area contributed by atoms with Crippen LogP contribution in [0.4, 0.5) is 10.1 Å². The molecule has 0 radical (unpaired) electrons. The van der Waals surface area contributed by atoms with Gasteiger partial charge < -0.3 is 19.3 Å². The Morgan fingerprint density at radius 3 is 2.56 bits per heavy atom. The number of anilines is 1. The number of alkyl halides is 1. The zero-order valence-corrected chi connectivity index (χ0v) is 16.1. The van der Waals surface area contributed by atoms with E-state index in [0.29, 0.717) is 39.1 Å². The molecule has 0 aromatic heterocycles. The van der Waals surface area contributed by atoms with E-state index in [1.54, 1.807) is 12.0 Å². The van der Waals surface area contributed by atoms with Crippen LogP contribution in [0.1, 0.15) is 32.1 Å². The van der Waals surface area contributed by atoms with Crippen molar-refractivity contribution in [3.05, 3.63) is 24.3 Å². The first-order valence-corrected chi connectivity index (χ1v) is 9.99. The van der Waals surface area contributed by atoms with Crippen LogP contribution in [0, 0.1) is 5.41 Å². The van der Waals surface area contributed by atoms with Crippen molar-refractivity contribution in [1.29, 1.82) is 0 Å². The summed E-state index contributed by atoms with van der Waals surface area (Å²) in [5, 5.41) is 0. The molecule has 1 atom stereocenters. The fourth-order valence-electron chi connectivity index (χ4n) is 4.62. The molecule has 1 aromatic rings. The molecule has 3 aliphatic rings. The lowest BCUT2D eigenvalue weighted by Crippen LogP contribution is -2.57. The monoisotopic (exact) mass is 376 g/mol. The summed E-state index contributed by atoms with van der Waals surface area (Å²) in [7, 11) is 1.66. The third kappa shape index (κ3) is 3.64. The molecule has 1 aromatic carbocycles. The predicted molar refractivity (Wildman–Crippen MR) is 102 cm³/mol. The molecule has 1 amide bonds. The standard InChI is InChI=1S/C21H29FN2O3/c1-26-18-6-4-17(5-7-18)23-12-13-27-16-20(14-23)8-3-11-24(15-20)19(25)21(22)9-2-10-21/h4-7H,2-3,8-16H2,1H3. The summed E-state index contributed by atoms with van der Waals surface area (Å²) in [6.07, 6.45) is 3.48. The van der Waals surface area contributed by atoms with Crippen LogP contribution < -0.4 is 9.64 Å². The maximum absolute atomic E-state index is 14.7. The predicted octanol–water partition coefficient (Wildman–Crippen LogP) is 3.03. The molecule has 148 valence electrons. The quantitative estimate of drug-likeness (QED) is 0.813. The van der Waals surface area contributed by atoms with Gasteiger partial charge in [-0.05, 0) is 56.4 Å². The molecular weight excluding hydrogens is 347 g/mol. The molecule has 1 aliphatic carbocycles. The summed E-state index contributed by atoms with van der Waals surface area (Å²) >= 11 is 0. The fourth-order valence-corrected chi connectivity index (χ4v) is 4.62. The molecule has 0 N–H and O–H groups in total. The van der Waals surface area contributed by atoms with Gasteiger partial charge in [0.1, 0.15) is 5.75 Å². The van der Waals surface area contributed by atoms with Crippen molar-refractivity contribution in [2.45, 2.75) is 37.8 Å². The van der Waals surface area contributed by atoms with E-state index < -0.39 is 5.67 Å². The molecule has 27 heavy (non-hydrogen) atoms. The lowest BCUT2D eigenvalue weighted by molar-refractivity contribution is -0.154. The topological polar surface area (TPSA) is 42.0 Å². The minimum Gasteiger partial charge on any atom is -0.497 e. The number of rotatable bonds is 3. The maximum Gasteiger partial charge on any atom is 0.260 e. The Hall–Kier alpha value is -1.82. The van der Waals surface area contributed by atoms with E-state index in [2.05, 4.69) is 17.0 Å². The summed E-state index contributed by atoms with van der Waals surface area (Å²) in [5.74, 6) is 0.538. The van der Waals surface area contributed by atoms with Gasteiger partial charge in [-0.3, -0.25) is 4.79 Å². The first-order valence-electron chi connectivity index (χ1n) is 9.99. The second kappa shape index (κ2) is 7.30. The van der Waals surface area contributed by atoms with Gasteiger partial charge in [0.15, 0.2) is 5.67 Å². The number of hydrogen-bond donors (Lipinski definition) is 0. The van der Waals surface area contributed by atoms with Gasteiger partial charge in [-0.1, -0.05) is 0 Å². The highest BCUT2D eigenvalue weighted by Gasteiger charge is 2.49. The molecular formula is C21H29FN2O3. The van der Waals surface area contributed by atoms with Crippen molar-refractivity contribution in [2.24, 2.45) is 5.41 Å². The minimum absolute atomic E-state index is 0.134. The third-order valence-corrected chi connectivity index (χ3v) is 6.36. The van der Waals surface area contributed by atoms with Crippen molar-refractivity contribution in [2.75, 3.05) is 51.4 Å². The molecule has 1 saturated carbocycles. The highest BCUT2D eigenvalue weighted by molar-refractivity contribution is 5.86. The van der Waals surface area contributed by atoms with Gasteiger partial charge in [0.05, 0.1) is 20.3 Å². The number of benzene rings is 1. The number of likely N-dealkylation sites (tertiary alicyclic amines) is 1. The van der Waals surface area contributed by atoms with Crippen LogP contribution in [0.2, 0.25) is 0 Å². The van der Waals surface area contributed by atoms with Gasteiger partial charge >= 0.3 is 0 Å². The molecule has 5 nitrogen and oxygen atoms in total. The SMILES string of the molecule is COc1ccc(N2CCOCC3(CCCN(C(=O)C4(F)CCC4)C3)C2)cc1. The summed E-state index contributed by atoms with van der Waals surface area (Å²) in [5.41, 5.74) is -0.616.